The van der Waals surface area contributed by atoms with Crippen LogP contribution in [0.4, 0.5) is 0 Å². The lowest BCUT2D eigenvalue weighted by atomic mass is 9.67. The molecule has 0 unspecified atom stereocenters. The quantitative estimate of drug-likeness (QED) is 0.857. The molecule has 1 aromatic heterocycles. The van der Waals surface area contributed by atoms with Crippen molar-refractivity contribution >= 4 is 0 Å². The Labute approximate surface area is 102 Å². The van der Waals surface area contributed by atoms with E-state index in [1.165, 1.54) is 12.8 Å². The molecule has 0 aromatic carbocycles. The molecular weight excluding hydrogens is 216 g/mol. The third kappa shape index (κ3) is 2.86. The van der Waals surface area contributed by atoms with Crippen molar-refractivity contribution in [2.75, 3.05) is 0 Å². The molecule has 4 heteroatoms. The van der Waals surface area contributed by atoms with Crippen molar-refractivity contribution in [1.29, 1.82) is 0 Å². The summed E-state index contributed by atoms with van der Waals surface area (Å²) in [5.41, 5.74) is 0.445. The van der Waals surface area contributed by atoms with Crippen molar-refractivity contribution in [3.63, 3.8) is 0 Å². The van der Waals surface area contributed by atoms with Crippen molar-refractivity contribution in [3.05, 3.63) is 11.8 Å². The topological polar surface area (TPSA) is 59.2 Å². The summed E-state index contributed by atoms with van der Waals surface area (Å²) in [4.78, 5) is 0. The number of hydrogen-bond acceptors (Lipinski definition) is 4. The van der Waals surface area contributed by atoms with Gasteiger partial charge in [-0.25, -0.2) is 0 Å². The van der Waals surface area contributed by atoms with Crippen LogP contribution in [-0.4, -0.2) is 15.3 Å². The van der Waals surface area contributed by atoms with Gasteiger partial charge in [0.25, 0.3) is 0 Å². The van der Waals surface area contributed by atoms with E-state index in [0.29, 0.717) is 23.1 Å². The summed E-state index contributed by atoms with van der Waals surface area (Å²) in [5.74, 6) is 2.25. The van der Waals surface area contributed by atoms with Crippen LogP contribution >= 0.6 is 0 Å². The molecule has 1 aromatic rings. The van der Waals surface area contributed by atoms with Crippen LogP contribution in [-0.2, 0) is 6.61 Å². The van der Waals surface area contributed by atoms with Crippen molar-refractivity contribution in [2.45, 2.75) is 59.0 Å². The van der Waals surface area contributed by atoms with Crippen LogP contribution in [0, 0.1) is 11.3 Å². The molecule has 0 spiro atoms. The lowest BCUT2D eigenvalue weighted by molar-refractivity contribution is 0.145. The smallest absolute Gasteiger partial charge is 0.241 e. The van der Waals surface area contributed by atoms with Gasteiger partial charge in [0.15, 0.2) is 0 Å². The van der Waals surface area contributed by atoms with Gasteiger partial charge in [0.1, 0.15) is 6.61 Å². The Hall–Kier alpha value is -0.900. The maximum Gasteiger partial charge on any atom is 0.241 e. The minimum atomic E-state index is -0.161. The highest BCUT2D eigenvalue weighted by Gasteiger charge is 2.36. The van der Waals surface area contributed by atoms with E-state index in [0.717, 1.165) is 18.8 Å². The van der Waals surface area contributed by atoms with E-state index >= 15 is 0 Å². The zero-order valence-electron chi connectivity index (χ0n) is 10.9. The fourth-order valence-corrected chi connectivity index (χ4v) is 2.53. The number of rotatable bonds is 5. The van der Waals surface area contributed by atoms with Crippen molar-refractivity contribution < 1.29 is 9.52 Å². The lowest BCUT2D eigenvalue weighted by Crippen LogP contribution is -2.27. The van der Waals surface area contributed by atoms with E-state index in [1.54, 1.807) is 0 Å². The van der Waals surface area contributed by atoms with Crippen molar-refractivity contribution in [2.24, 2.45) is 11.3 Å². The molecule has 0 amide bonds. The monoisotopic (exact) mass is 238 g/mol. The SMILES string of the molecule is CCC(C)(C)CC1CC(c2nnc(CO)o2)C1. The van der Waals surface area contributed by atoms with Gasteiger partial charge in [-0.3, -0.25) is 0 Å². The predicted molar refractivity (Wildman–Crippen MR) is 64.4 cm³/mol. The molecule has 1 aliphatic carbocycles. The Morgan fingerprint density at radius 3 is 2.59 bits per heavy atom. The standard InChI is InChI=1S/C13H22N2O2/c1-4-13(2,3)7-9-5-10(6-9)12-15-14-11(8-16)17-12/h9-10,16H,4-8H2,1-3H3. The minimum absolute atomic E-state index is 0.161. The molecule has 2 rings (SSSR count). The summed E-state index contributed by atoms with van der Waals surface area (Å²) in [6, 6.07) is 0. The molecule has 96 valence electrons. The van der Waals surface area contributed by atoms with Crippen LogP contribution in [0.2, 0.25) is 0 Å². The van der Waals surface area contributed by atoms with Crippen LogP contribution in [0.1, 0.15) is 64.2 Å². The molecule has 1 heterocycles. The minimum Gasteiger partial charge on any atom is -0.422 e. The van der Waals surface area contributed by atoms with Crippen LogP contribution in [0.25, 0.3) is 0 Å². The zero-order chi connectivity index (χ0) is 12.5. The third-order valence-electron chi connectivity index (χ3n) is 4.00. The molecule has 4 nitrogen and oxygen atoms in total. The molecule has 0 atom stereocenters. The Morgan fingerprint density at radius 2 is 2.06 bits per heavy atom. The van der Waals surface area contributed by atoms with Gasteiger partial charge in [0.05, 0.1) is 0 Å². The third-order valence-corrected chi connectivity index (χ3v) is 4.00. The molecular formula is C13H22N2O2. The number of aliphatic hydroxyl groups excluding tert-OH is 1. The van der Waals surface area contributed by atoms with Gasteiger partial charge >= 0.3 is 0 Å². The number of aromatic nitrogens is 2. The maximum atomic E-state index is 8.86. The number of hydrogen-bond donors (Lipinski definition) is 1. The van der Waals surface area contributed by atoms with Crippen molar-refractivity contribution in [3.8, 4) is 0 Å². The average Bonchev–Trinajstić information content (AvgIpc) is 2.71. The van der Waals surface area contributed by atoms with E-state index in [9.17, 15) is 0 Å². The summed E-state index contributed by atoms with van der Waals surface area (Å²) in [6.07, 6.45) is 4.80. The lowest BCUT2D eigenvalue weighted by Gasteiger charge is -2.38. The molecule has 0 radical (unpaired) electrons. The summed E-state index contributed by atoms with van der Waals surface area (Å²) < 4.78 is 5.37. The van der Waals surface area contributed by atoms with Crippen molar-refractivity contribution in [1.82, 2.24) is 10.2 Å². The van der Waals surface area contributed by atoms with Crippen LogP contribution < -0.4 is 0 Å². The van der Waals surface area contributed by atoms with Gasteiger partial charge < -0.3 is 9.52 Å². The molecule has 1 fully saturated rings. The predicted octanol–water partition coefficient (Wildman–Crippen LogP) is 2.88. The summed E-state index contributed by atoms with van der Waals surface area (Å²) >= 11 is 0. The summed E-state index contributed by atoms with van der Waals surface area (Å²) in [7, 11) is 0. The summed E-state index contributed by atoms with van der Waals surface area (Å²) in [5, 5.41) is 16.6. The number of nitrogens with zero attached hydrogens (tertiary/aromatic N) is 2. The summed E-state index contributed by atoms with van der Waals surface area (Å²) in [6.45, 7) is 6.75. The van der Waals surface area contributed by atoms with Gasteiger partial charge in [-0.2, -0.15) is 0 Å². The molecule has 0 saturated heterocycles. The molecule has 1 saturated carbocycles. The maximum absolute atomic E-state index is 8.86. The molecule has 1 aliphatic rings. The van der Waals surface area contributed by atoms with Gasteiger partial charge in [-0.1, -0.05) is 27.2 Å². The first-order valence-corrected chi connectivity index (χ1v) is 6.47. The van der Waals surface area contributed by atoms with Gasteiger partial charge in [0.2, 0.25) is 11.8 Å². The van der Waals surface area contributed by atoms with Crippen LogP contribution in [0.15, 0.2) is 4.42 Å². The zero-order valence-corrected chi connectivity index (χ0v) is 10.9. The molecule has 0 bridgehead atoms. The molecule has 17 heavy (non-hydrogen) atoms. The first kappa shape index (κ1) is 12.6. The second kappa shape index (κ2) is 4.77. The highest BCUT2D eigenvalue weighted by atomic mass is 16.4. The normalized spacial score (nSPS) is 24.7. The van der Waals surface area contributed by atoms with E-state index < -0.39 is 0 Å². The molecule has 0 aliphatic heterocycles. The largest absolute Gasteiger partial charge is 0.422 e. The van der Waals surface area contributed by atoms with Gasteiger partial charge in [-0.05, 0) is 30.6 Å². The first-order valence-electron chi connectivity index (χ1n) is 6.47. The Morgan fingerprint density at radius 1 is 1.35 bits per heavy atom. The second-order valence-electron chi connectivity index (χ2n) is 5.95. The Bertz CT molecular complexity index is 367. The Kier molecular flexibility index (Phi) is 3.52. The average molecular weight is 238 g/mol. The van der Waals surface area contributed by atoms with Gasteiger partial charge in [0, 0.05) is 5.92 Å². The van der Waals surface area contributed by atoms with E-state index in [4.69, 9.17) is 9.52 Å². The number of aliphatic hydroxyl groups is 1. The first-order chi connectivity index (χ1) is 8.04. The highest BCUT2D eigenvalue weighted by molar-refractivity contribution is 5.00. The fourth-order valence-electron chi connectivity index (χ4n) is 2.53. The van der Waals surface area contributed by atoms with Crippen LogP contribution in [0.5, 0.6) is 0 Å². The van der Waals surface area contributed by atoms with E-state index in [1.807, 2.05) is 0 Å². The van der Waals surface area contributed by atoms with E-state index in [-0.39, 0.29) is 6.61 Å². The van der Waals surface area contributed by atoms with Gasteiger partial charge in [-0.15, -0.1) is 10.2 Å². The highest BCUT2D eigenvalue weighted by Crippen LogP contribution is 2.46. The fraction of sp³-hybridized carbons (Fsp3) is 0.846. The Balaban J connectivity index is 1.82. The second-order valence-corrected chi connectivity index (χ2v) is 5.95. The molecule has 1 N–H and O–H groups in total. The van der Waals surface area contributed by atoms with E-state index in [2.05, 4.69) is 31.0 Å². The van der Waals surface area contributed by atoms with Crippen LogP contribution in [0.3, 0.4) is 0 Å².